The molecule has 4 heteroatoms. The molecule has 1 aliphatic heterocycles. The molecule has 0 aromatic heterocycles. The molecular weight excluding hydrogens is 324 g/mol. The topological polar surface area (TPSA) is 50.4 Å². The zero-order valence-corrected chi connectivity index (χ0v) is 15.6. The average Bonchev–Trinajstić information content (AvgIpc) is 2.63. The SMILES string of the molecule is Cc1ccccc1COc1cccc(CC(=O)NC2CCCNC2C)c1. The minimum atomic E-state index is 0.0709. The Labute approximate surface area is 156 Å². The van der Waals surface area contributed by atoms with Crippen LogP contribution < -0.4 is 15.4 Å². The summed E-state index contributed by atoms with van der Waals surface area (Å²) >= 11 is 0. The average molecular weight is 352 g/mol. The van der Waals surface area contributed by atoms with Gasteiger partial charge in [-0.2, -0.15) is 0 Å². The quantitative estimate of drug-likeness (QED) is 0.838. The van der Waals surface area contributed by atoms with Gasteiger partial charge in [-0.15, -0.1) is 0 Å². The highest BCUT2D eigenvalue weighted by Crippen LogP contribution is 2.17. The molecule has 1 aliphatic rings. The molecule has 1 fully saturated rings. The Bertz CT molecular complexity index is 744. The number of hydrogen-bond donors (Lipinski definition) is 2. The molecule has 3 rings (SSSR count). The molecule has 26 heavy (non-hydrogen) atoms. The van der Waals surface area contributed by atoms with Crippen molar-refractivity contribution in [3.8, 4) is 5.75 Å². The maximum absolute atomic E-state index is 12.4. The van der Waals surface area contributed by atoms with E-state index in [0.29, 0.717) is 19.1 Å². The van der Waals surface area contributed by atoms with Gasteiger partial charge >= 0.3 is 0 Å². The van der Waals surface area contributed by atoms with E-state index in [4.69, 9.17) is 4.74 Å². The molecule has 1 heterocycles. The number of carbonyl (C=O) groups excluding carboxylic acids is 1. The first-order valence-corrected chi connectivity index (χ1v) is 9.41. The Morgan fingerprint density at radius 1 is 1.23 bits per heavy atom. The highest BCUT2D eigenvalue weighted by molar-refractivity contribution is 5.79. The lowest BCUT2D eigenvalue weighted by molar-refractivity contribution is -0.121. The van der Waals surface area contributed by atoms with Gasteiger partial charge < -0.3 is 15.4 Å². The largest absolute Gasteiger partial charge is 0.489 e. The van der Waals surface area contributed by atoms with Crippen LogP contribution in [0.15, 0.2) is 48.5 Å². The number of nitrogens with one attached hydrogen (secondary N) is 2. The second-order valence-electron chi connectivity index (χ2n) is 7.10. The highest BCUT2D eigenvalue weighted by atomic mass is 16.5. The first-order chi connectivity index (χ1) is 12.6. The Kier molecular flexibility index (Phi) is 6.29. The third-order valence-electron chi connectivity index (χ3n) is 5.03. The normalized spacial score (nSPS) is 19.8. The smallest absolute Gasteiger partial charge is 0.224 e. The standard InChI is InChI=1S/C22H28N2O2/c1-16-7-3-4-9-19(16)15-26-20-10-5-8-18(13-20)14-22(25)24-21-11-6-12-23-17(21)2/h3-5,7-10,13,17,21,23H,6,11-12,14-15H2,1-2H3,(H,24,25). The number of ether oxygens (including phenoxy) is 1. The molecule has 2 N–H and O–H groups in total. The van der Waals surface area contributed by atoms with Crippen LogP contribution in [0.25, 0.3) is 0 Å². The summed E-state index contributed by atoms with van der Waals surface area (Å²) in [7, 11) is 0. The molecule has 4 nitrogen and oxygen atoms in total. The van der Waals surface area contributed by atoms with Crippen LogP contribution in [-0.4, -0.2) is 24.5 Å². The van der Waals surface area contributed by atoms with Gasteiger partial charge in [-0.1, -0.05) is 36.4 Å². The zero-order valence-electron chi connectivity index (χ0n) is 15.6. The lowest BCUT2D eigenvalue weighted by Gasteiger charge is -2.30. The number of amides is 1. The van der Waals surface area contributed by atoms with Gasteiger partial charge in [0.1, 0.15) is 12.4 Å². The second kappa shape index (κ2) is 8.86. The van der Waals surface area contributed by atoms with Crippen molar-refractivity contribution < 1.29 is 9.53 Å². The lowest BCUT2D eigenvalue weighted by atomic mass is 9.99. The van der Waals surface area contributed by atoms with Gasteiger partial charge in [0.25, 0.3) is 0 Å². The van der Waals surface area contributed by atoms with E-state index in [9.17, 15) is 4.79 Å². The summed E-state index contributed by atoms with van der Waals surface area (Å²) in [5.74, 6) is 0.868. The minimum absolute atomic E-state index is 0.0709. The van der Waals surface area contributed by atoms with Gasteiger partial charge in [-0.05, 0) is 62.1 Å². The van der Waals surface area contributed by atoms with Gasteiger partial charge in [0, 0.05) is 12.1 Å². The first kappa shape index (κ1) is 18.5. The summed E-state index contributed by atoms with van der Waals surface area (Å²) in [6.45, 7) is 5.78. The molecule has 0 bridgehead atoms. The summed E-state index contributed by atoms with van der Waals surface area (Å²) in [6.07, 6.45) is 2.53. The summed E-state index contributed by atoms with van der Waals surface area (Å²) in [5, 5.41) is 6.57. The summed E-state index contributed by atoms with van der Waals surface area (Å²) < 4.78 is 5.92. The summed E-state index contributed by atoms with van der Waals surface area (Å²) in [6, 6.07) is 16.6. The van der Waals surface area contributed by atoms with Crippen molar-refractivity contribution in [1.82, 2.24) is 10.6 Å². The molecular formula is C22H28N2O2. The van der Waals surface area contributed by atoms with Crippen molar-refractivity contribution in [2.45, 2.75) is 51.8 Å². The van der Waals surface area contributed by atoms with E-state index in [0.717, 1.165) is 30.7 Å². The van der Waals surface area contributed by atoms with E-state index in [1.807, 2.05) is 36.4 Å². The first-order valence-electron chi connectivity index (χ1n) is 9.41. The molecule has 138 valence electrons. The van der Waals surface area contributed by atoms with Crippen molar-refractivity contribution in [1.29, 1.82) is 0 Å². The second-order valence-corrected chi connectivity index (χ2v) is 7.10. The van der Waals surface area contributed by atoms with Crippen LogP contribution in [0.5, 0.6) is 5.75 Å². The fourth-order valence-electron chi connectivity index (χ4n) is 3.36. The Morgan fingerprint density at radius 3 is 2.88 bits per heavy atom. The molecule has 2 aromatic carbocycles. The van der Waals surface area contributed by atoms with E-state index >= 15 is 0 Å². The third kappa shape index (κ3) is 5.09. The summed E-state index contributed by atoms with van der Waals surface area (Å²) in [5.41, 5.74) is 3.37. The van der Waals surface area contributed by atoms with E-state index in [1.54, 1.807) is 0 Å². The van der Waals surface area contributed by atoms with Crippen LogP contribution in [-0.2, 0) is 17.8 Å². The van der Waals surface area contributed by atoms with Gasteiger partial charge in [0.15, 0.2) is 0 Å². The number of hydrogen-bond acceptors (Lipinski definition) is 3. The minimum Gasteiger partial charge on any atom is -0.489 e. The van der Waals surface area contributed by atoms with E-state index in [1.165, 1.54) is 11.1 Å². The van der Waals surface area contributed by atoms with E-state index in [2.05, 4.69) is 36.6 Å². The van der Waals surface area contributed by atoms with Crippen molar-refractivity contribution in [2.75, 3.05) is 6.54 Å². The molecule has 0 spiro atoms. The number of benzene rings is 2. The predicted octanol–water partition coefficient (Wildman–Crippen LogP) is 3.37. The van der Waals surface area contributed by atoms with Crippen molar-refractivity contribution >= 4 is 5.91 Å². The molecule has 0 saturated carbocycles. The molecule has 1 saturated heterocycles. The van der Waals surface area contributed by atoms with Crippen LogP contribution in [0, 0.1) is 6.92 Å². The third-order valence-corrected chi connectivity index (χ3v) is 5.03. The Hall–Kier alpha value is -2.33. The molecule has 2 aromatic rings. The number of carbonyl (C=O) groups is 1. The van der Waals surface area contributed by atoms with Gasteiger partial charge in [0.2, 0.25) is 5.91 Å². The maximum atomic E-state index is 12.4. The molecule has 0 aliphatic carbocycles. The number of aryl methyl sites for hydroxylation is 1. The molecule has 2 unspecified atom stereocenters. The van der Waals surface area contributed by atoms with Crippen LogP contribution in [0.2, 0.25) is 0 Å². The van der Waals surface area contributed by atoms with Gasteiger partial charge in [-0.3, -0.25) is 4.79 Å². The van der Waals surface area contributed by atoms with E-state index < -0.39 is 0 Å². The predicted molar refractivity (Wildman–Crippen MR) is 104 cm³/mol. The highest BCUT2D eigenvalue weighted by Gasteiger charge is 2.22. The monoisotopic (exact) mass is 352 g/mol. The van der Waals surface area contributed by atoms with Crippen LogP contribution in [0.4, 0.5) is 0 Å². The molecule has 2 atom stereocenters. The van der Waals surface area contributed by atoms with E-state index in [-0.39, 0.29) is 11.9 Å². The summed E-state index contributed by atoms with van der Waals surface area (Å²) in [4.78, 5) is 12.4. The van der Waals surface area contributed by atoms with Crippen LogP contribution >= 0.6 is 0 Å². The fraction of sp³-hybridized carbons (Fsp3) is 0.409. The van der Waals surface area contributed by atoms with Gasteiger partial charge in [-0.25, -0.2) is 0 Å². The Balaban J connectivity index is 1.55. The van der Waals surface area contributed by atoms with Crippen LogP contribution in [0.1, 0.15) is 36.5 Å². The molecule has 0 radical (unpaired) electrons. The number of rotatable bonds is 6. The zero-order chi connectivity index (χ0) is 18.4. The number of piperidine rings is 1. The Morgan fingerprint density at radius 2 is 2.08 bits per heavy atom. The van der Waals surface area contributed by atoms with Crippen LogP contribution in [0.3, 0.4) is 0 Å². The molecule has 1 amide bonds. The van der Waals surface area contributed by atoms with Crippen molar-refractivity contribution in [3.05, 3.63) is 65.2 Å². The maximum Gasteiger partial charge on any atom is 0.224 e. The van der Waals surface area contributed by atoms with Crippen molar-refractivity contribution in [3.63, 3.8) is 0 Å². The fourth-order valence-corrected chi connectivity index (χ4v) is 3.36. The van der Waals surface area contributed by atoms with Crippen molar-refractivity contribution in [2.24, 2.45) is 0 Å². The van der Waals surface area contributed by atoms with Gasteiger partial charge in [0.05, 0.1) is 6.42 Å². The lowest BCUT2D eigenvalue weighted by Crippen LogP contribution is -2.52.